The summed E-state index contributed by atoms with van der Waals surface area (Å²) in [6.07, 6.45) is 33.6. The molecule has 2 bridgehead atoms. The Morgan fingerprint density at radius 2 is 1.12 bits per heavy atom. The van der Waals surface area contributed by atoms with Gasteiger partial charge in [0.05, 0.1) is 0 Å². The van der Waals surface area contributed by atoms with E-state index in [2.05, 4.69) is 25.2 Å². The molecule has 2 aliphatic carbocycles. The predicted molar refractivity (Wildman–Crippen MR) is 113 cm³/mol. The molecule has 0 aromatic heterocycles. The molecular weight excluding hydrogens is 300 g/mol. The molecule has 2 rings (SSSR count). The zero-order chi connectivity index (χ0) is 17.6. The summed E-state index contributed by atoms with van der Waals surface area (Å²) < 4.78 is 0. The maximum atomic E-state index is 2.55. The third kappa shape index (κ3) is 9.11. The normalized spacial score (nSPS) is 21.2. The second-order valence-electron chi connectivity index (χ2n) is 8.69. The summed E-state index contributed by atoms with van der Waals surface area (Å²) in [5, 5.41) is 0. The molecule has 0 heteroatoms. The first-order valence-electron chi connectivity index (χ1n) is 11.8. The van der Waals surface area contributed by atoms with Crippen molar-refractivity contribution in [3.8, 4) is 0 Å². The monoisotopic (exact) mass is 344 g/mol. The van der Waals surface area contributed by atoms with E-state index >= 15 is 0 Å². The van der Waals surface area contributed by atoms with Crippen molar-refractivity contribution in [1.82, 2.24) is 0 Å². The molecular formula is C25H44. The van der Waals surface area contributed by atoms with E-state index in [4.69, 9.17) is 0 Å². The van der Waals surface area contributed by atoms with Crippen molar-refractivity contribution in [2.45, 2.75) is 122 Å². The van der Waals surface area contributed by atoms with Gasteiger partial charge in [-0.25, -0.2) is 0 Å². The molecule has 25 heavy (non-hydrogen) atoms. The van der Waals surface area contributed by atoms with Crippen LogP contribution in [0.5, 0.6) is 0 Å². The average Bonchev–Trinajstić information content (AvgIpc) is 3.24. The van der Waals surface area contributed by atoms with E-state index in [-0.39, 0.29) is 0 Å². The van der Waals surface area contributed by atoms with E-state index in [0.717, 1.165) is 11.8 Å². The molecule has 0 fully saturated rings. The van der Waals surface area contributed by atoms with Crippen LogP contribution in [0.3, 0.4) is 0 Å². The van der Waals surface area contributed by atoms with E-state index in [0.29, 0.717) is 0 Å². The highest BCUT2D eigenvalue weighted by molar-refractivity contribution is 5.29. The van der Waals surface area contributed by atoms with Gasteiger partial charge in [0, 0.05) is 0 Å². The van der Waals surface area contributed by atoms with Gasteiger partial charge in [-0.15, -0.1) is 0 Å². The standard InChI is InChI=1S/C25H44/c1-2-3-4-5-6-7-8-9-10-11-12-13-14-15-16-17-18-24-21-23-19-20-25(24)22-23/h19-21,23,25H,2-18,22H2,1H3. The minimum atomic E-state index is 0.807. The summed E-state index contributed by atoms with van der Waals surface area (Å²) in [6, 6.07) is 0. The van der Waals surface area contributed by atoms with Crippen LogP contribution in [0, 0.1) is 11.8 Å². The van der Waals surface area contributed by atoms with Crippen LogP contribution in [0.25, 0.3) is 0 Å². The molecule has 0 heterocycles. The SMILES string of the molecule is CCCCCCCCCCCCCCCCCCC1=CC2C=CC1C2. The van der Waals surface area contributed by atoms with Crippen LogP contribution in [-0.4, -0.2) is 0 Å². The first kappa shape index (κ1) is 20.8. The fraction of sp³-hybridized carbons (Fsp3) is 0.840. The van der Waals surface area contributed by atoms with Crippen LogP contribution in [0.2, 0.25) is 0 Å². The highest BCUT2D eigenvalue weighted by Crippen LogP contribution is 2.40. The van der Waals surface area contributed by atoms with Crippen molar-refractivity contribution in [2.24, 2.45) is 11.8 Å². The van der Waals surface area contributed by atoms with Crippen LogP contribution in [0.4, 0.5) is 0 Å². The Labute approximate surface area is 158 Å². The van der Waals surface area contributed by atoms with Gasteiger partial charge in [0.1, 0.15) is 0 Å². The number of fused-ring (bicyclic) bond motifs is 2. The molecule has 0 radical (unpaired) electrons. The van der Waals surface area contributed by atoms with Crippen LogP contribution in [0.1, 0.15) is 122 Å². The fourth-order valence-corrected chi connectivity index (χ4v) is 4.67. The number of allylic oxidation sites excluding steroid dienone is 4. The van der Waals surface area contributed by atoms with Gasteiger partial charge in [-0.2, -0.15) is 0 Å². The quantitative estimate of drug-likeness (QED) is 0.183. The average molecular weight is 345 g/mol. The lowest BCUT2D eigenvalue weighted by molar-refractivity contribution is 0.528. The Balaban J connectivity index is 1.24. The van der Waals surface area contributed by atoms with Crippen LogP contribution >= 0.6 is 0 Å². The Hall–Kier alpha value is -0.520. The molecule has 2 aliphatic rings. The summed E-state index contributed by atoms with van der Waals surface area (Å²) in [5.41, 5.74) is 1.76. The molecule has 0 N–H and O–H groups in total. The van der Waals surface area contributed by atoms with E-state index in [1.165, 1.54) is 116 Å². The van der Waals surface area contributed by atoms with Gasteiger partial charge in [0.25, 0.3) is 0 Å². The van der Waals surface area contributed by atoms with E-state index in [1.54, 1.807) is 5.57 Å². The molecule has 0 saturated heterocycles. The molecule has 0 amide bonds. The second-order valence-corrected chi connectivity index (χ2v) is 8.69. The molecule has 2 unspecified atom stereocenters. The molecule has 0 aromatic carbocycles. The van der Waals surface area contributed by atoms with Gasteiger partial charge in [0.2, 0.25) is 0 Å². The molecule has 0 nitrogen and oxygen atoms in total. The maximum absolute atomic E-state index is 2.55. The van der Waals surface area contributed by atoms with Gasteiger partial charge in [-0.3, -0.25) is 0 Å². The third-order valence-corrected chi connectivity index (χ3v) is 6.34. The highest BCUT2D eigenvalue weighted by Gasteiger charge is 2.26. The Morgan fingerprint density at radius 3 is 1.52 bits per heavy atom. The zero-order valence-electron chi connectivity index (χ0n) is 17.1. The first-order valence-corrected chi connectivity index (χ1v) is 11.8. The summed E-state index contributed by atoms with van der Waals surface area (Å²) in [5.74, 6) is 1.64. The Bertz CT molecular complexity index is 375. The lowest BCUT2D eigenvalue weighted by Crippen LogP contribution is -1.93. The fourth-order valence-electron chi connectivity index (χ4n) is 4.67. The third-order valence-electron chi connectivity index (χ3n) is 6.34. The zero-order valence-corrected chi connectivity index (χ0v) is 17.1. The Kier molecular flexibility index (Phi) is 11.4. The van der Waals surface area contributed by atoms with Crippen molar-refractivity contribution in [1.29, 1.82) is 0 Å². The smallest absolute Gasteiger partial charge is 0.00143 e. The van der Waals surface area contributed by atoms with Gasteiger partial charge >= 0.3 is 0 Å². The van der Waals surface area contributed by atoms with Crippen LogP contribution in [0.15, 0.2) is 23.8 Å². The van der Waals surface area contributed by atoms with Crippen molar-refractivity contribution >= 4 is 0 Å². The summed E-state index contributed by atoms with van der Waals surface area (Å²) in [6.45, 7) is 2.30. The van der Waals surface area contributed by atoms with Gasteiger partial charge < -0.3 is 0 Å². The minimum absolute atomic E-state index is 0.807. The first-order chi connectivity index (χ1) is 12.4. The van der Waals surface area contributed by atoms with Crippen molar-refractivity contribution in [3.05, 3.63) is 23.8 Å². The van der Waals surface area contributed by atoms with E-state index < -0.39 is 0 Å². The number of unbranched alkanes of at least 4 members (excludes halogenated alkanes) is 15. The minimum Gasteiger partial charge on any atom is -0.0810 e. The number of hydrogen-bond donors (Lipinski definition) is 0. The highest BCUT2D eigenvalue weighted by atomic mass is 14.3. The summed E-state index contributed by atoms with van der Waals surface area (Å²) in [7, 11) is 0. The summed E-state index contributed by atoms with van der Waals surface area (Å²) >= 11 is 0. The summed E-state index contributed by atoms with van der Waals surface area (Å²) in [4.78, 5) is 0. The van der Waals surface area contributed by atoms with Gasteiger partial charge in [-0.1, -0.05) is 127 Å². The van der Waals surface area contributed by atoms with Crippen LogP contribution in [-0.2, 0) is 0 Å². The molecule has 0 aliphatic heterocycles. The van der Waals surface area contributed by atoms with Gasteiger partial charge in [0.15, 0.2) is 0 Å². The number of hydrogen-bond acceptors (Lipinski definition) is 0. The lowest BCUT2D eigenvalue weighted by Gasteiger charge is -2.09. The molecule has 0 spiro atoms. The molecule has 0 saturated carbocycles. The largest absolute Gasteiger partial charge is 0.0810 e. The molecule has 0 aromatic rings. The number of rotatable bonds is 17. The lowest BCUT2D eigenvalue weighted by atomic mass is 9.96. The van der Waals surface area contributed by atoms with Gasteiger partial charge in [-0.05, 0) is 31.1 Å². The van der Waals surface area contributed by atoms with Crippen molar-refractivity contribution in [2.75, 3.05) is 0 Å². The Morgan fingerprint density at radius 1 is 0.640 bits per heavy atom. The second kappa shape index (κ2) is 13.7. The molecule has 144 valence electrons. The predicted octanol–water partition coefficient (Wildman–Crippen LogP) is 8.77. The molecule has 2 atom stereocenters. The van der Waals surface area contributed by atoms with E-state index in [1.807, 2.05) is 0 Å². The van der Waals surface area contributed by atoms with E-state index in [9.17, 15) is 0 Å². The van der Waals surface area contributed by atoms with Crippen molar-refractivity contribution in [3.63, 3.8) is 0 Å². The maximum Gasteiger partial charge on any atom is -0.00143 e. The van der Waals surface area contributed by atoms with Crippen LogP contribution < -0.4 is 0 Å². The van der Waals surface area contributed by atoms with Crippen molar-refractivity contribution < 1.29 is 0 Å². The topological polar surface area (TPSA) is 0 Å².